The average molecular weight is 367 g/mol. The van der Waals surface area contributed by atoms with Crippen LogP contribution < -0.4 is 10.1 Å². The number of aryl methyl sites for hydroxylation is 4. The molecule has 142 valence electrons. The van der Waals surface area contributed by atoms with E-state index in [2.05, 4.69) is 16.5 Å². The highest BCUT2D eigenvalue weighted by Crippen LogP contribution is 2.18. The van der Waals surface area contributed by atoms with E-state index >= 15 is 0 Å². The number of rotatable bonds is 8. The van der Waals surface area contributed by atoms with Crippen molar-refractivity contribution in [3.05, 3.63) is 70.9 Å². The van der Waals surface area contributed by atoms with Crippen molar-refractivity contribution < 1.29 is 13.9 Å². The minimum Gasteiger partial charge on any atom is -0.486 e. The maximum Gasteiger partial charge on any atom is 0.286 e. The third kappa shape index (κ3) is 5.48. The maximum atomic E-state index is 12.2. The molecule has 0 unspecified atom stereocenters. The van der Waals surface area contributed by atoms with E-state index in [0.29, 0.717) is 18.1 Å². The zero-order valence-corrected chi connectivity index (χ0v) is 16.0. The largest absolute Gasteiger partial charge is 0.486 e. The van der Waals surface area contributed by atoms with E-state index in [1.807, 2.05) is 49.8 Å². The van der Waals surface area contributed by atoms with E-state index < -0.39 is 0 Å². The Morgan fingerprint density at radius 2 is 1.93 bits per heavy atom. The van der Waals surface area contributed by atoms with E-state index in [-0.39, 0.29) is 12.5 Å². The van der Waals surface area contributed by atoms with Crippen LogP contribution in [0.5, 0.6) is 5.75 Å². The predicted octanol–water partition coefficient (Wildman–Crippen LogP) is 3.80. The Balaban J connectivity index is 1.44. The van der Waals surface area contributed by atoms with Gasteiger partial charge < -0.3 is 14.5 Å². The Labute approximate surface area is 159 Å². The topological polar surface area (TPSA) is 69.3 Å². The van der Waals surface area contributed by atoms with Crippen molar-refractivity contribution in [1.29, 1.82) is 0 Å². The number of nitrogens with zero attached hydrogens (tertiary/aromatic N) is 2. The van der Waals surface area contributed by atoms with Gasteiger partial charge in [-0.05, 0) is 68.7 Å². The molecule has 0 spiro atoms. The number of amides is 1. The number of carbonyl (C=O) groups is 1. The zero-order chi connectivity index (χ0) is 19.2. The number of carbonyl (C=O) groups excluding carboxylic acids is 1. The molecule has 1 amide bonds. The minimum absolute atomic E-state index is 0.218. The van der Waals surface area contributed by atoms with Crippen LogP contribution in [0.2, 0.25) is 0 Å². The summed E-state index contributed by atoms with van der Waals surface area (Å²) < 4.78 is 13.2. The molecule has 1 N–H and O–H groups in total. The van der Waals surface area contributed by atoms with Gasteiger partial charge >= 0.3 is 0 Å². The smallest absolute Gasteiger partial charge is 0.286 e. The summed E-state index contributed by atoms with van der Waals surface area (Å²) in [4.78, 5) is 12.2. The molecule has 0 bridgehead atoms. The fourth-order valence-corrected chi connectivity index (χ4v) is 2.87. The summed E-state index contributed by atoms with van der Waals surface area (Å²) in [7, 11) is 0. The summed E-state index contributed by atoms with van der Waals surface area (Å²) in [6, 6.07) is 11.4. The van der Waals surface area contributed by atoms with E-state index in [1.54, 1.807) is 12.1 Å². The third-order valence-corrected chi connectivity index (χ3v) is 4.09. The second kappa shape index (κ2) is 8.58. The van der Waals surface area contributed by atoms with Gasteiger partial charge in [0.1, 0.15) is 18.1 Å². The van der Waals surface area contributed by atoms with Crippen molar-refractivity contribution in [3.63, 3.8) is 0 Å². The van der Waals surface area contributed by atoms with Gasteiger partial charge in [-0.3, -0.25) is 9.48 Å². The van der Waals surface area contributed by atoms with Gasteiger partial charge in [0.2, 0.25) is 0 Å². The van der Waals surface area contributed by atoms with Crippen molar-refractivity contribution in [3.8, 4) is 5.75 Å². The van der Waals surface area contributed by atoms with Crippen LogP contribution in [0.1, 0.15) is 39.6 Å². The average Bonchev–Trinajstić information content (AvgIpc) is 3.25. The van der Waals surface area contributed by atoms with Crippen molar-refractivity contribution in [2.75, 3.05) is 6.54 Å². The quantitative estimate of drug-likeness (QED) is 0.615. The minimum atomic E-state index is -0.218. The lowest BCUT2D eigenvalue weighted by atomic mass is 10.1. The maximum absolute atomic E-state index is 12.2. The monoisotopic (exact) mass is 367 g/mol. The molecule has 0 atom stereocenters. The number of ether oxygens (including phenoxy) is 1. The number of hydrogen-bond donors (Lipinski definition) is 1. The summed E-state index contributed by atoms with van der Waals surface area (Å²) in [5.41, 5.74) is 3.29. The molecule has 0 radical (unpaired) electrons. The molecule has 6 heteroatoms. The highest BCUT2D eigenvalue weighted by Gasteiger charge is 2.11. The van der Waals surface area contributed by atoms with Crippen LogP contribution in [0.25, 0.3) is 0 Å². The van der Waals surface area contributed by atoms with Gasteiger partial charge in [0.05, 0.1) is 5.69 Å². The molecule has 0 fully saturated rings. The van der Waals surface area contributed by atoms with Gasteiger partial charge in [0.25, 0.3) is 5.91 Å². The summed E-state index contributed by atoms with van der Waals surface area (Å²) >= 11 is 0. The van der Waals surface area contributed by atoms with Crippen molar-refractivity contribution in [2.24, 2.45) is 0 Å². The number of hydrogen-bond acceptors (Lipinski definition) is 4. The molecule has 2 aromatic heterocycles. The van der Waals surface area contributed by atoms with Gasteiger partial charge in [-0.1, -0.05) is 6.07 Å². The second-order valence-corrected chi connectivity index (χ2v) is 6.71. The molecule has 6 nitrogen and oxygen atoms in total. The summed E-state index contributed by atoms with van der Waals surface area (Å²) in [6.07, 6.45) is 2.74. The van der Waals surface area contributed by atoms with Crippen molar-refractivity contribution >= 4 is 5.91 Å². The van der Waals surface area contributed by atoms with Crippen LogP contribution in [0.4, 0.5) is 0 Å². The Bertz CT molecular complexity index is 891. The first kappa shape index (κ1) is 18.8. The zero-order valence-electron chi connectivity index (χ0n) is 16.0. The van der Waals surface area contributed by atoms with E-state index in [0.717, 1.165) is 35.5 Å². The highest BCUT2D eigenvalue weighted by atomic mass is 16.5. The van der Waals surface area contributed by atoms with Crippen LogP contribution in [-0.2, 0) is 13.2 Å². The van der Waals surface area contributed by atoms with Crippen LogP contribution in [0.3, 0.4) is 0 Å². The number of furan rings is 1. The van der Waals surface area contributed by atoms with Gasteiger partial charge in [-0.15, -0.1) is 0 Å². The van der Waals surface area contributed by atoms with Crippen LogP contribution in [0.15, 0.2) is 47.0 Å². The van der Waals surface area contributed by atoms with E-state index in [4.69, 9.17) is 9.15 Å². The lowest BCUT2D eigenvalue weighted by Gasteiger charge is -2.07. The van der Waals surface area contributed by atoms with Gasteiger partial charge in [-0.25, -0.2) is 0 Å². The fourth-order valence-electron chi connectivity index (χ4n) is 2.87. The lowest BCUT2D eigenvalue weighted by molar-refractivity contribution is 0.0921. The molecule has 0 aliphatic carbocycles. The molecule has 2 heterocycles. The Kier molecular flexibility index (Phi) is 5.96. The molecule has 3 aromatic rings. The molecule has 3 rings (SSSR count). The van der Waals surface area contributed by atoms with Crippen LogP contribution >= 0.6 is 0 Å². The molecule has 0 aliphatic rings. The SMILES string of the molecule is Cc1cc(C)cc(OCc2ccc(C(=O)NCCCn3ccc(C)n3)o2)c1. The second-order valence-electron chi connectivity index (χ2n) is 6.71. The normalized spacial score (nSPS) is 10.8. The first-order valence-corrected chi connectivity index (χ1v) is 9.08. The van der Waals surface area contributed by atoms with Crippen molar-refractivity contribution in [2.45, 2.75) is 40.3 Å². The van der Waals surface area contributed by atoms with E-state index in [9.17, 15) is 4.79 Å². The fraction of sp³-hybridized carbons (Fsp3) is 0.333. The van der Waals surface area contributed by atoms with Gasteiger partial charge in [0.15, 0.2) is 5.76 Å². The molecule has 0 aliphatic heterocycles. The standard InChI is InChI=1S/C21H25N3O3/c1-15-11-16(2)13-19(12-15)26-14-18-5-6-20(27-18)21(25)22-8-4-9-24-10-7-17(3)23-24/h5-7,10-13H,4,8-9,14H2,1-3H3,(H,22,25). The predicted molar refractivity (Wildman–Crippen MR) is 103 cm³/mol. The highest BCUT2D eigenvalue weighted by molar-refractivity contribution is 5.91. The first-order valence-electron chi connectivity index (χ1n) is 9.08. The Morgan fingerprint density at radius 1 is 1.15 bits per heavy atom. The lowest BCUT2D eigenvalue weighted by Crippen LogP contribution is -2.24. The summed E-state index contributed by atoms with van der Waals surface area (Å²) in [6.45, 7) is 7.63. The molecule has 1 aromatic carbocycles. The molecular formula is C21H25N3O3. The summed E-state index contributed by atoms with van der Waals surface area (Å²) in [5.74, 6) is 1.49. The Morgan fingerprint density at radius 3 is 2.63 bits per heavy atom. The van der Waals surface area contributed by atoms with Gasteiger partial charge in [0, 0.05) is 19.3 Å². The van der Waals surface area contributed by atoms with Crippen LogP contribution in [0, 0.1) is 20.8 Å². The molecular weight excluding hydrogens is 342 g/mol. The first-order chi connectivity index (χ1) is 13.0. The molecule has 0 saturated heterocycles. The number of benzene rings is 1. The molecule has 0 saturated carbocycles. The van der Waals surface area contributed by atoms with Gasteiger partial charge in [-0.2, -0.15) is 5.10 Å². The van der Waals surface area contributed by atoms with Crippen LogP contribution in [-0.4, -0.2) is 22.2 Å². The number of aromatic nitrogens is 2. The Hall–Kier alpha value is -3.02. The number of nitrogens with one attached hydrogen (secondary N) is 1. The molecule has 27 heavy (non-hydrogen) atoms. The summed E-state index contributed by atoms with van der Waals surface area (Å²) in [5, 5.41) is 7.18. The van der Waals surface area contributed by atoms with E-state index in [1.165, 1.54) is 0 Å². The third-order valence-electron chi connectivity index (χ3n) is 4.09. The van der Waals surface area contributed by atoms with Crippen molar-refractivity contribution in [1.82, 2.24) is 15.1 Å².